The van der Waals surface area contributed by atoms with Gasteiger partial charge in [0.05, 0.1) is 0 Å². The Hall–Kier alpha value is -1.82. The number of rotatable bonds is 5. The van der Waals surface area contributed by atoms with Crippen molar-refractivity contribution in [2.75, 3.05) is 25.6 Å². The Kier molecular flexibility index (Phi) is 6.04. The topological polar surface area (TPSA) is 63.7 Å². The smallest absolute Gasteiger partial charge is 0.410 e. The van der Waals surface area contributed by atoms with E-state index < -0.39 is 15.6 Å². The van der Waals surface area contributed by atoms with Gasteiger partial charge in [0.25, 0.3) is 0 Å². The molecule has 0 saturated carbocycles. The third-order valence-electron chi connectivity index (χ3n) is 4.19. The van der Waals surface area contributed by atoms with Crippen LogP contribution in [0.3, 0.4) is 0 Å². The van der Waals surface area contributed by atoms with Crippen molar-refractivity contribution in [2.24, 2.45) is 11.8 Å². The predicted molar refractivity (Wildman–Crippen MR) is 96.5 cm³/mol. The van der Waals surface area contributed by atoms with E-state index in [2.05, 4.69) is 0 Å². The minimum absolute atomic E-state index is 0.0831. The molecule has 0 spiro atoms. The molecule has 1 aromatic carbocycles. The third kappa shape index (κ3) is 5.09. The van der Waals surface area contributed by atoms with Crippen molar-refractivity contribution < 1.29 is 18.5 Å². The van der Waals surface area contributed by atoms with Crippen molar-refractivity contribution in [3.05, 3.63) is 35.9 Å². The maximum atomic E-state index is 12.4. The summed E-state index contributed by atoms with van der Waals surface area (Å²) >= 11 is 0. The van der Waals surface area contributed by atoms with Crippen LogP contribution in [-0.2, 0) is 25.7 Å². The second-order valence-corrected chi connectivity index (χ2v) is 9.40. The van der Waals surface area contributed by atoms with Crippen LogP contribution in [0.1, 0.15) is 18.9 Å². The minimum Gasteiger partial charge on any atom is -0.445 e. The zero-order chi connectivity index (χ0) is 17.7. The molecular formula is C18H25NO4S. The predicted octanol–water partition coefficient (Wildman–Crippen LogP) is 2.20. The lowest BCUT2D eigenvalue weighted by Gasteiger charge is -2.16. The number of likely N-dealkylation sites (tertiary alicyclic amines) is 1. The maximum Gasteiger partial charge on any atom is 0.410 e. The Bertz CT molecular complexity index is 699. The molecule has 6 heteroatoms. The number of carbonyl (C=O) groups is 2. The van der Waals surface area contributed by atoms with Gasteiger partial charge in [0.1, 0.15) is 6.61 Å². The van der Waals surface area contributed by atoms with Gasteiger partial charge >= 0.3 is 6.09 Å². The molecule has 1 heterocycles. The van der Waals surface area contributed by atoms with Crippen molar-refractivity contribution in [3.63, 3.8) is 0 Å². The summed E-state index contributed by atoms with van der Waals surface area (Å²) in [6.07, 6.45) is 3.49. The van der Waals surface area contributed by atoms with Crippen LogP contribution in [0, 0.1) is 11.8 Å². The van der Waals surface area contributed by atoms with E-state index in [0.717, 1.165) is 12.0 Å². The van der Waals surface area contributed by atoms with Crippen LogP contribution < -0.4 is 0 Å². The summed E-state index contributed by atoms with van der Waals surface area (Å²) in [5.74, 6) is -0.338. The Balaban J connectivity index is 1.99. The second-order valence-electron chi connectivity index (χ2n) is 6.55. The Labute approximate surface area is 144 Å². The van der Waals surface area contributed by atoms with Gasteiger partial charge in [-0.15, -0.1) is 0 Å². The van der Waals surface area contributed by atoms with Gasteiger partial charge in [-0.1, -0.05) is 43.7 Å². The van der Waals surface area contributed by atoms with Crippen LogP contribution in [-0.4, -0.2) is 52.0 Å². The summed E-state index contributed by atoms with van der Waals surface area (Å²) in [6.45, 7) is 3.05. The Morgan fingerprint density at radius 1 is 1.25 bits per heavy atom. The molecule has 1 aliphatic rings. The van der Waals surface area contributed by atoms with Crippen LogP contribution in [0.5, 0.6) is 0 Å². The quantitative estimate of drug-likeness (QED) is 0.763. The number of amides is 1. The van der Waals surface area contributed by atoms with Crippen LogP contribution in [0.25, 0.3) is 0 Å². The standard InChI is InChI=1S/C18H25NO4S/c1-4-15-10-19(11-16(15)17(20)13-24(2,3)22)18(21)23-12-14-8-6-5-7-9-14/h5-9,13,15-16H,4,10-12H2,1-3H3/t15-,16-/m1/s1. The molecule has 0 unspecified atom stereocenters. The molecule has 1 saturated heterocycles. The zero-order valence-electron chi connectivity index (χ0n) is 14.4. The maximum absolute atomic E-state index is 12.4. The van der Waals surface area contributed by atoms with E-state index in [1.165, 1.54) is 5.37 Å². The third-order valence-corrected chi connectivity index (χ3v) is 4.99. The number of hydrogen-bond donors (Lipinski definition) is 0. The first-order chi connectivity index (χ1) is 11.3. The lowest BCUT2D eigenvalue weighted by molar-refractivity contribution is -0.116. The first-order valence-corrected chi connectivity index (χ1v) is 10.5. The van der Waals surface area contributed by atoms with Crippen molar-refractivity contribution in [1.29, 1.82) is 0 Å². The summed E-state index contributed by atoms with van der Waals surface area (Å²) < 4.78 is 17.2. The number of ketones is 1. The van der Waals surface area contributed by atoms with Crippen LogP contribution in [0.4, 0.5) is 4.79 Å². The fourth-order valence-electron chi connectivity index (χ4n) is 2.93. The molecule has 0 aromatic heterocycles. The normalized spacial score (nSPS) is 20.7. The summed E-state index contributed by atoms with van der Waals surface area (Å²) in [7, 11) is -2.24. The average Bonchev–Trinajstić information content (AvgIpc) is 2.96. The van der Waals surface area contributed by atoms with Crippen molar-refractivity contribution >= 4 is 26.8 Å². The highest BCUT2D eigenvalue weighted by molar-refractivity contribution is 8.01. The van der Waals surface area contributed by atoms with Gasteiger partial charge in [-0.05, 0) is 21.0 Å². The van der Waals surface area contributed by atoms with Crippen LogP contribution in [0.15, 0.2) is 30.3 Å². The monoisotopic (exact) mass is 351 g/mol. The van der Waals surface area contributed by atoms with Gasteiger partial charge in [-0.2, -0.15) is 0 Å². The van der Waals surface area contributed by atoms with E-state index in [9.17, 15) is 13.8 Å². The number of ether oxygens (including phenoxy) is 1. The van der Waals surface area contributed by atoms with Gasteiger partial charge in [0, 0.05) is 36.9 Å². The van der Waals surface area contributed by atoms with Crippen molar-refractivity contribution in [1.82, 2.24) is 4.90 Å². The average molecular weight is 351 g/mol. The summed E-state index contributed by atoms with van der Waals surface area (Å²) in [4.78, 5) is 26.2. The zero-order valence-corrected chi connectivity index (χ0v) is 15.3. The largest absolute Gasteiger partial charge is 0.445 e. The molecule has 2 rings (SSSR count). The van der Waals surface area contributed by atoms with Gasteiger partial charge in [0.15, 0.2) is 5.78 Å². The molecule has 1 aliphatic heterocycles. The molecule has 2 atom stereocenters. The minimum atomic E-state index is -2.24. The number of Topliss-reactive ketones (excluding diaryl/α,β-unsaturated/α-hetero) is 1. The molecule has 1 aromatic rings. The SMILES string of the molecule is CC[C@@H]1CN(C(=O)OCc2ccccc2)C[C@H]1C(=O)C=S(C)(C)=O. The molecule has 24 heavy (non-hydrogen) atoms. The molecule has 0 aliphatic carbocycles. The molecule has 0 N–H and O–H groups in total. The highest BCUT2D eigenvalue weighted by Gasteiger charge is 2.38. The molecular weight excluding hydrogens is 326 g/mol. The van der Waals surface area contributed by atoms with Gasteiger partial charge in [0.2, 0.25) is 0 Å². The second kappa shape index (κ2) is 7.83. The summed E-state index contributed by atoms with van der Waals surface area (Å²) in [6, 6.07) is 9.48. The molecule has 0 bridgehead atoms. The molecule has 132 valence electrons. The number of benzene rings is 1. The molecule has 0 radical (unpaired) electrons. The number of hydrogen-bond acceptors (Lipinski definition) is 4. The highest BCUT2D eigenvalue weighted by Crippen LogP contribution is 2.27. The van der Waals surface area contributed by atoms with Crippen LogP contribution in [0.2, 0.25) is 0 Å². The van der Waals surface area contributed by atoms with Crippen LogP contribution >= 0.6 is 0 Å². The van der Waals surface area contributed by atoms with E-state index in [4.69, 9.17) is 4.74 Å². The van der Waals surface area contributed by atoms with E-state index >= 15 is 0 Å². The van der Waals surface area contributed by atoms with Crippen molar-refractivity contribution in [3.8, 4) is 0 Å². The lowest BCUT2D eigenvalue weighted by Crippen LogP contribution is -2.31. The van der Waals surface area contributed by atoms with E-state index in [0.29, 0.717) is 13.1 Å². The Morgan fingerprint density at radius 3 is 2.50 bits per heavy atom. The van der Waals surface area contributed by atoms with Gasteiger partial charge in [-0.3, -0.25) is 9.00 Å². The molecule has 1 amide bonds. The van der Waals surface area contributed by atoms with E-state index in [-0.39, 0.29) is 24.2 Å². The summed E-state index contributed by atoms with van der Waals surface area (Å²) in [5, 5.41) is 1.32. The highest BCUT2D eigenvalue weighted by atomic mass is 32.2. The number of nitrogens with zero attached hydrogens (tertiary/aromatic N) is 1. The Morgan fingerprint density at radius 2 is 1.92 bits per heavy atom. The first-order valence-electron chi connectivity index (χ1n) is 8.08. The lowest BCUT2D eigenvalue weighted by atomic mass is 9.91. The first kappa shape index (κ1) is 18.5. The molecule has 5 nitrogen and oxygen atoms in total. The summed E-state index contributed by atoms with van der Waals surface area (Å²) in [5.41, 5.74) is 0.926. The fraction of sp³-hybridized carbons (Fsp3) is 0.500. The molecule has 1 fully saturated rings. The van der Waals surface area contributed by atoms with E-state index in [1.54, 1.807) is 17.4 Å². The fourth-order valence-corrected chi connectivity index (χ4v) is 3.67. The van der Waals surface area contributed by atoms with Gasteiger partial charge < -0.3 is 9.64 Å². The number of carbonyl (C=O) groups excluding carboxylic acids is 2. The van der Waals surface area contributed by atoms with Crippen molar-refractivity contribution in [2.45, 2.75) is 20.0 Å². The van der Waals surface area contributed by atoms with E-state index in [1.807, 2.05) is 37.3 Å². The van der Waals surface area contributed by atoms with Gasteiger partial charge in [-0.25, -0.2) is 4.79 Å².